The van der Waals surface area contributed by atoms with E-state index in [0.717, 1.165) is 12.8 Å². The maximum absolute atomic E-state index is 11.1. The molecule has 1 fully saturated rings. The van der Waals surface area contributed by atoms with E-state index in [1.807, 2.05) is 0 Å². The first-order chi connectivity index (χ1) is 5.75. The molecule has 1 rings (SSSR count). The van der Waals surface area contributed by atoms with Gasteiger partial charge in [0.1, 0.15) is 0 Å². The third-order valence-corrected chi connectivity index (χ3v) is 2.55. The van der Waals surface area contributed by atoms with E-state index in [0.29, 0.717) is 11.5 Å². The van der Waals surface area contributed by atoms with E-state index in [2.05, 4.69) is 11.3 Å². The average Bonchev–Trinajstić information content (AvgIpc) is 2.17. The molecule has 1 saturated carbocycles. The van der Waals surface area contributed by atoms with Crippen molar-refractivity contribution in [2.45, 2.75) is 32.1 Å². The smallest absolute Gasteiger partial charge is 0.333 e. The number of methoxy groups -OCH3 is 1. The molecule has 3 heteroatoms. The summed E-state index contributed by atoms with van der Waals surface area (Å²) in [6.07, 6.45) is 5.95. The Kier molecular flexibility index (Phi) is 5.39. The molecular weight excluding hydrogens is 168 g/mol. The van der Waals surface area contributed by atoms with Gasteiger partial charge in [-0.2, -0.15) is 0 Å². The molecule has 0 bridgehead atoms. The minimum absolute atomic E-state index is 0. The second-order valence-corrected chi connectivity index (χ2v) is 3.35. The van der Waals surface area contributed by atoms with Gasteiger partial charge in [-0.1, -0.05) is 25.8 Å². The van der Waals surface area contributed by atoms with Crippen LogP contribution in [0.5, 0.6) is 0 Å². The van der Waals surface area contributed by atoms with Crippen molar-refractivity contribution in [1.82, 2.24) is 0 Å². The molecule has 0 aromatic carbocycles. The van der Waals surface area contributed by atoms with Gasteiger partial charge in [0.15, 0.2) is 0 Å². The predicted molar refractivity (Wildman–Crippen MR) is 49.7 cm³/mol. The molecular formula is C10H17O3. The Balaban J connectivity index is 0.00000144. The number of carbonyl (C=O) groups is 1. The van der Waals surface area contributed by atoms with Crippen LogP contribution in [0.25, 0.3) is 0 Å². The Morgan fingerprint density at radius 3 is 2.31 bits per heavy atom. The molecule has 0 saturated heterocycles. The highest BCUT2D eigenvalue weighted by atomic mass is 16.5. The summed E-state index contributed by atoms with van der Waals surface area (Å²) in [6.45, 7) is 3.77. The first kappa shape index (κ1) is 12.2. The molecule has 0 aromatic rings. The summed E-state index contributed by atoms with van der Waals surface area (Å²) < 4.78 is 4.63. The van der Waals surface area contributed by atoms with Gasteiger partial charge in [-0.15, -0.1) is 0 Å². The molecule has 1 aliphatic carbocycles. The number of carbonyl (C=O) groups excluding carboxylic acids is 1. The topological polar surface area (TPSA) is 56.3 Å². The quantitative estimate of drug-likeness (QED) is 0.529. The van der Waals surface area contributed by atoms with Gasteiger partial charge >= 0.3 is 5.97 Å². The molecule has 0 aromatic heterocycles. The Labute approximate surface area is 79.1 Å². The molecule has 0 unspecified atom stereocenters. The molecule has 13 heavy (non-hydrogen) atoms. The maximum atomic E-state index is 11.1. The van der Waals surface area contributed by atoms with Crippen LogP contribution >= 0.6 is 0 Å². The van der Waals surface area contributed by atoms with E-state index in [1.54, 1.807) is 0 Å². The maximum Gasteiger partial charge on any atom is 0.333 e. The zero-order chi connectivity index (χ0) is 8.97. The van der Waals surface area contributed by atoms with Crippen molar-refractivity contribution in [3.63, 3.8) is 0 Å². The molecule has 0 spiro atoms. The summed E-state index contributed by atoms with van der Waals surface area (Å²) in [6, 6.07) is 0. The van der Waals surface area contributed by atoms with Gasteiger partial charge < -0.3 is 4.74 Å². The largest absolute Gasteiger partial charge is 0.466 e. The Hall–Kier alpha value is -0.830. The van der Waals surface area contributed by atoms with E-state index in [4.69, 9.17) is 0 Å². The van der Waals surface area contributed by atoms with Gasteiger partial charge in [-0.05, 0) is 18.8 Å². The van der Waals surface area contributed by atoms with Crippen LogP contribution < -0.4 is 0 Å². The predicted octanol–water partition coefficient (Wildman–Crippen LogP) is 2.12. The summed E-state index contributed by atoms with van der Waals surface area (Å²) in [5.74, 6) is 0.146. The summed E-state index contributed by atoms with van der Waals surface area (Å²) in [4.78, 5) is 11.1. The number of rotatable bonds is 2. The number of esters is 1. The van der Waals surface area contributed by atoms with Gasteiger partial charge in [0.2, 0.25) is 0 Å². The minimum atomic E-state index is -0.234. The van der Waals surface area contributed by atoms with Crippen LogP contribution in [0.4, 0.5) is 0 Å². The van der Waals surface area contributed by atoms with Crippen molar-refractivity contribution in [3.8, 4) is 0 Å². The number of hydrogen-bond acceptors (Lipinski definition) is 2. The Bertz CT molecular complexity index is 181. The van der Waals surface area contributed by atoms with Gasteiger partial charge in [0.05, 0.1) is 7.11 Å². The number of hydrogen-bond donors (Lipinski definition) is 1. The summed E-state index contributed by atoms with van der Waals surface area (Å²) in [5.41, 5.74) is 0.664. The number of ether oxygens (including phenoxy) is 1. The van der Waals surface area contributed by atoms with Gasteiger partial charge in [0.25, 0.3) is 0 Å². The molecule has 1 aliphatic rings. The highest BCUT2D eigenvalue weighted by molar-refractivity contribution is 5.88. The van der Waals surface area contributed by atoms with Crippen LogP contribution in [0, 0.1) is 5.92 Å². The van der Waals surface area contributed by atoms with Crippen LogP contribution in [-0.4, -0.2) is 18.6 Å². The highest BCUT2D eigenvalue weighted by Gasteiger charge is 2.21. The second-order valence-electron chi connectivity index (χ2n) is 3.35. The third kappa shape index (κ3) is 3.19. The van der Waals surface area contributed by atoms with Crippen molar-refractivity contribution in [1.29, 1.82) is 0 Å². The first-order valence-electron chi connectivity index (χ1n) is 4.53. The lowest BCUT2D eigenvalue weighted by Crippen LogP contribution is -2.16. The zero-order valence-corrected chi connectivity index (χ0v) is 8.08. The van der Waals surface area contributed by atoms with Crippen LogP contribution in [0.1, 0.15) is 32.1 Å². The zero-order valence-electron chi connectivity index (χ0n) is 8.08. The van der Waals surface area contributed by atoms with E-state index in [1.165, 1.54) is 26.4 Å². The van der Waals surface area contributed by atoms with Crippen LogP contribution in [0.2, 0.25) is 0 Å². The standard InChI is InChI=1S/C10H16O2.HO/c1-8(10(11)12-2)9-6-4-3-5-7-9;/h9H,1,3-7H2,2H3;1H. The summed E-state index contributed by atoms with van der Waals surface area (Å²) in [7, 11) is 1.41. The van der Waals surface area contributed by atoms with Crippen LogP contribution in [0.3, 0.4) is 0 Å². The fourth-order valence-corrected chi connectivity index (χ4v) is 1.75. The van der Waals surface area contributed by atoms with Crippen LogP contribution in [0.15, 0.2) is 12.2 Å². The molecule has 0 heterocycles. The molecule has 0 atom stereocenters. The molecule has 3 nitrogen and oxygen atoms in total. The van der Waals surface area contributed by atoms with E-state index in [-0.39, 0.29) is 11.4 Å². The highest BCUT2D eigenvalue weighted by Crippen LogP contribution is 2.29. The average molecular weight is 185 g/mol. The van der Waals surface area contributed by atoms with Gasteiger partial charge in [-0.3, -0.25) is 5.48 Å². The monoisotopic (exact) mass is 185 g/mol. The van der Waals surface area contributed by atoms with Crippen molar-refractivity contribution >= 4 is 5.97 Å². The SMILES string of the molecule is C=C(C(=O)OC)C1CCCCC1.[OH]. The Morgan fingerprint density at radius 2 is 1.85 bits per heavy atom. The molecule has 0 aliphatic heterocycles. The Morgan fingerprint density at radius 1 is 1.31 bits per heavy atom. The van der Waals surface area contributed by atoms with Gasteiger partial charge in [0, 0.05) is 5.57 Å². The van der Waals surface area contributed by atoms with Gasteiger partial charge in [-0.25, -0.2) is 4.79 Å². The van der Waals surface area contributed by atoms with E-state index < -0.39 is 0 Å². The van der Waals surface area contributed by atoms with E-state index in [9.17, 15) is 4.79 Å². The lowest BCUT2D eigenvalue weighted by molar-refractivity contribution is -0.136. The summed E-state index contributed by atoms with van der Waals surface area (Å²) >= 11 is 0. The minimum Gasteiger partial charge on any atom is -0.466 e. The second kappa shape index (κ2) is 5.75. The molecule has 0 amide bonds. The lowest BCUT2D eigenvalue weighted by atomic mass is 9.84. The fraction of sp³-hybridized carbons (Fsp3) is 0.700. The van der Waals surface area contributed by atoms with Crippen molar-refractivity contribution in [2.24, 2.45) is 5.92 Å². The lowest BCUT2D eigenvalue weighted by Gasteiger charge is -2.21. The van der Waals surface area contributed by atoms with Crippen molar-refractivity contribution < 1.29 is 15.0 Å². The molecule has 75 valence electrons. The molecule has 1 N–H and O–H groups in total. The van der Waals surface area contributed by atoms with E-state index >= 15 is 0 Å². The normalized spacial score (nSPS) is 17.3. The van der Waals surface area contributed by atoms with Crippen molar-refractivity contribution in [3.05, 3.63) is 12.2 Å². The first-order valence-corrected chi connectivity index (χ1v) is 4.53. The molecule has 1 radical (unpaired) electrons. The van der Waals surface area contributed by atoms with Crippen molar-refractivity contribution in [2.75, 3.05) is 7.11 Å². The third-order valence-electron chi connectivity index (χ3n) is 2.55. The fourth-order valence-electron chi connectivity index (χ4n) is 1.75. The van der Waals surface area contributed by atoms with Crippen LogP contribution in [-0.2, 0) is 9.53 Å². The summed E-state index contributed by atoms with van der Waals surface area (Å²) in [5, 5.41) is 0.